The molecule has 0 saturated carbocycles. The van der Waals surface area contributed by atoms with Crippen LogP contribution in [0.4, 0.5) is 8.78 Å². The van der Waals surface area contributed by atoms with E-state index >= 15 is 0 Å². The van der Waals surface area contributed by atoms with Crippen LogP contribution in [0.15, 0.2) is 42.5 Å². The second-order valence-electron chi connectivity index (χ2n) is 3.59. The summed E-state index contributed by atoms with van der Waals surface area (Å²) in [5.41, 5.74) is 1.71. The van der Waals surface area contributed by atoms with Crippen LogP contribution >= 0.6 is 38.5 Å². The van der Waals surface area contributed by atoms with E-state index in [1.165, 1.54) is 6.07 Å². The van der Waals surface area contributed by atoms with E-state index in [1.54, 1.807) is 6.07 Å². The molecule has 17 heavy (non-hydrogen) atoms. The second kappa shape index (κ2) is 5.44. The predicted molar refractivity (Wildman–Crippen MR) is 76.3 cm³/mol. The fraction of sp³-hybridized carbons (Fsp3) is 0.0769. The van der Waals surface area contributed by atoms with Crippen LogP contribution in [0.5, 0.6) is 0 Å². The Labute approximate surface area is 120 Å². The minimum absolute atomic E-state index is 0.130. The van der Waals surface area contributed by atoms with Gasteiger partial charge in [0.25, 0.3) is 0 Å². The Hall–Kier alpha value is -0.490. The number of alkyl halides is 1. The summed E-state index contributed by atoms with van der Waals surface area (Å²) in [6.45, 7) is 0. The fourth-order valence-corrected chi connectivity index (χ4v) is 2.44. The highest BCUT2D eigenvalue weighted by Gasteiger charge is 2.12. The summed E-state index contributed by atoms with van der Waals surface area (Å²) in [5.74, 6) is -1.64. The Bertz CT molecular complexity index is 525. The van der Waals surface area contributed by atoms with Gasteiger partial charge in [-0.15, -0.1) is 0 Å². The average Bonchev–Trinajstić information content (AvgIpc) is 2.33. The lowest BCUT2D eigenvalue weighted by Gasteiger charge is -2.11. The van der Waals surface area contributed by atoms with Crippen molar-refractivity contribution >= 4 is 38.5 Å². The number of benzene rings is 2. The Morgan fingerprint density at radius 3 is 2.06 bits per heavy atom. The highest BCUT2D eigenvalue weighted by atomic mass is 127. The zero-order valence-electron chi connectivity index (χ0n) is 8.63. The third-order valence-corrected chi connectivity index (χ3v) is 4.18. The fourth-order valence-electron chi connectivity index (χ4n) is 1.49. The molecule has 0 nitrogen and oxygen atoms in total. The van der Waals surface area contributed by atoms with Crippen molar-refractivity contribution in [2.45, 2.75) is 4.83 Å². The first-order valence-corrected chi connectivity index (χ1v) is 6.92. The Balaban J connectivity index is 2.33. The molecule has 0 heterocycles. The van der Waals surface area contributed by atoms with Gasteiger partial charge in [-0.2, -0.15) is 0 Å². The van der Waals surface area contributed by atoms with Gasteiger partial charge in [0.2, 0.25) is 0 Å². The van der Waals surface area contributed by atoms with Crippen LogP contribution in [0.3, 0.4) is 0 Å². The quantitative estimate of drug-likeness (QED) is 0.481. The lowest BCUT2D eigenvalue weighted by Crippen LogP contribution is -1.95. The van der Waals surface area contributed by atoms with Crippen LogP contribution in [0, 0.1) is 15.2 Å². The summed E-state index contributed by atoms with van der Waals surface area (Å²) in [5, 5.41) is 0. The molecule has 0 spiro atoms. The van der Waals surface area contributed by atoms with E-state index in [1.807, 2.05) is 24.3 Å². The second-order valence-corrected chi connectivity index (χ2v) is 5.75. The zero-order valence-corrected chi connectivity index (χ0v) is 12.4. The highest BCUT2D eigenvalue weighted by molar-refractivity contribution is 14.1. The van der Waals surface area contributed by atoms with Crippen LogP contribution in [0.25, 0.3) is 0 Å². The maximum absolute atomic E-state index is 13.1. The molecular formula is C13H8BrF2I. The van der Waals surface area contributed by atoms with E-state index in [-0.39, 0.29) is 4.83 Å². The van der Waals surface area contributed by atoms with Crippen molar-refractivity contribution in [1.82, 2.24) is 0 Å². The first-order valence-electron chi connectivity index (χ1n) is 4.92. The normalized spacial score (nSPS) is 12.5. The van der Waals surface area contributed by atoms with E-state index in [4.69, 9.17) is 0 Å². The number of halogens is 4. The molecular weight excluding hydrogens is 401 g/mol. The molecule has 0 radical (unpaired) electrons. The van der Waals surface area contributed by atoms with Crippen molar-refractivity contribution in [1.29, 1.82) is 0 Å². The average molecular weight is 409 g/mol. The van der Waals surface area contributed by atoms with Crippen molar-refractivity contribution < 1.29 is 8.78 Å². The van der Waals surface area contributed by atoms with Gasteiger partial charge in [0.15, 0.2) is 11.6 Å². The monoisotopic (exact) mass is 408 g/mol. The lowest BCUT2D eigenvalue weighted by atomic mass is 10.0. The zero-order chi connectivity index (χ0) is 12.4. The van der Waals surface area contributed by atoms with E-state index in [0.717, 1.165) is 15.2 Å². The molecule has 0 aliphatic heterocycles. The Morgan fingerprint density at radius 1 is 0.882 bits per heavy atom. The maximum Gasteiger partial charge on any atom is 0.159 e. The van der Waals surface area contributed by atoms with Gasteiger partial charge in [-0.3, -0.25) is 0 Å². The molecule has 1 unspecified atom stereocenters. The van der Waals surface area contributed by atoms with Gasteiger partial charge >= 0.3 is 0 Å². The molecule has 0 amide bonds. The van der Waals surface area contributed by atoms with E-state index in [9.17, 15) is 8.78 Å². The van der Waals surface area contributed by atoms with Gasteiger partial charge in [0.1, 0.15) is 0 Å². The minimum Gasteiger partial charge on any atom is -0.204 e. The lowest BCUT2D eigenvalue weighted by molar-refractivity contribution is 0.507. The highest BCUT2D eigenvalue weighted by Crippen LogP contribution is 2.31. The summed E-state index contributed by atoms with van der Waals surface area (Å²) in [6, 6.07) is 11.8. The molecule has 0 aliphatic carbocycles. The molecule has 0 aliphatic rings. The molecule has 2 aromatic carbocycles. The SMILES string of the molecule is Fc1ccc(C(Br)c2ccc(I)cc2)cc1F. The van der Waals surface area contributed by atoms with E-state index in [2.05, 4.69) is 38.5 Å². The third kappa shape index (κ3) is 3.04. The molecule has 88 valence electrons. The molecule has 2 rings (SSSR count). The summed E-state index contributed by atoms with van der Waals surface area (Å²) in [6.07, 6.45) is 0. The van der Waals surface area contributed by atoms with Crippen molar-refractivity contribution in [2.75, 3.05) is 0 Å². The smallest absolute Gasteiger partial charge is 0.159 e. The summed E-state index contributed by atoms with van der Waals surface area (Å²) in [7, 11) is 0. The molecule has 2 aromatic rings. The Morgan fingerprint density at radius 2 is 1.47 bits per heavy atom. The van der Waals surface area contributed by atoms with Crippen LogP contribution < -0.4 is 0 Å². The molecule has 0 saturated heterocycles. The molecule has 0 fully saturated rings. The summed E-state index contributed by atoms with van der Waals surface area (Å²) in [4.78, 5) is -0.130. The van der Waals surface area contributed by atoms with Crippen LogP contribution in [-0.4, -0.2) is 0 Å². The molecule has 4 heteroatoms. The van der Waals surface area contributed by atoms with Gasteiger partial charge in [0.05, 0.1) is 4.83 Å². The van der Waals surface area contributed by atoms with Gasteiger partial charge < -0.3 is 0 Å². The van der Waals surface area contributed by atoms with Crippen molar-refractivity contribution in [3.8, 4) is 0 Å². The number of hydrogen-bond acceptors (Lipinski definition) is 0. The van der Waals surface area contributed by atoms with Crippen LogP contribution in [0.1, 0.15) is 16.0 Å². The molecule has 0 bridgehead atoms. The van der Waals surface area contributed by atoms with E-state index < -0.39 is 11.6 Å². The Kier molecular flexibility index (Phi) is 4.14. The standard InChI is InChI=1S/C13H8BrF2I/c14-13(8-1-4-10(17)5-2-8)9-3-6-11(15)12(16)7-9/h1-7,13H. The summed E-state index contributed by atoms with van der Waals surface area (Å²) < 4.78 is 27.1. The molecule has 0 N–H and O–H groups in total. The number of hydrogen-bond donors (Lipinski definition) is 0. The summed E-state index contributed by atoms with van der Waals surface area (Å²) >= 11 is 5.71. The van der Waals surface area contributed by atoms with Crippen molar-refractivity contribution in [3.05, 3.63) is 68.8 Å². The van der Waals surface area contributed by atoms with Gasteiger partial charge in [0, 0.05) is 3.57 Å². The first kappa shape index (κ1) is 13.0. The van der Waals surface area contributed by atoms with Gasteiger partial charge in [-0.05, 0) is 58.0 Å². The van der Waals surface area contributed by atoms with Crippen molar-refractivity contribution in [2.24, 2.45) is 0 Å². The van der Waals surface area contributed by atoms with E-state index in [0.29, 0.717) is 5.56 Å². The van der Waals surface area contributed by atoms with Gasteiger partial charge in [-0.1, -0.05) is 34.1 Å². The topological polar surface area (TPSA) is 0 Å². The number of rotatable bonds is 2. The maximum atomic E-state index is 13.1. The van der Waals surface area contributed by atoms with Gasteiger partial charge in [-0.25, -0.2) is 8.78 Å². The third-order valence-electron chi connectivity index (χ3n) is 2.40. The molecule has 1 atom stereocenters. The molecule has 0 aromatic heterocycles. The van der Waals surface area contributed by atoms with Crippen LogP contribution in [-0.2, 0) is 0 Å². The minimum atomic E-state index is -0.823. The van der Waals surface area contributed by atoms with Crippen molar-refractivity contribution in [3.63, 3.8) is 0 Å². The first-order chi connectivity index (χ1) is 8.08. The van der Waals surface area contributed by atoms with Crippen LogP contribution in [0.2, 0.25) is 0 Å². The predicted octanol–water partition coefficient (Wildman–Crippen LogP) is 5.05. The largest absolute Gasteiger partial charge is 0.204 e.